The molecule has 1 unspecified atom stereocenters. The van der Waals surface area contributed by atoms with E-state index >= 15 is 0 Å². The molecule has 1 fully saturated rings. The van der Waals surface area contributed by atoms with E-state index in [1.54, 1.807) is 0 Å². The third kappa shape index (κ3) is 2.96. The average molecular weight is 223 g/mol. The highest BCUT2D eigenvalue weighted by molar-refractivity contribution is 5.08. The zero-order valence-corrected chi connectivity index (χ0v) is 11.0. The average Bonchev–Trinajstić information content (AvgIpc) is 2.33. The third-order valence-electron chi connectivity index (χ3n) is 3.85. The molecular weight excluding hydrogens is 198 g/mol. The number of hydrogen-bond donors (Lipinski definition) is 0. The van der Waals surface area contributed by atoms with Gasteiger partial charge < -0.3 is 4.90 Å². The molecule has 16 heavy (non-hydrogen) atoms. The van der Waals surface area contributed by atoms with E-state index in [1.165, 1.54) is 6.42 Å². The molecule has 1 aliphatic rings. The highest BCUT2D eigenvalue weighted by Crippen LogP contribution is 2.26. The van der Waals surface area contributed by atoms with E-state index in [2.05, 4.69) is 36.8 Å². The fourth-order valence-electron chi connectivity index (χ4n) is 2.47. The Morgan fingerprint density at radius 2 is 1.81 bits per heavy atom. The number of unbranched alkanes of at least 4 members (excludes halogenated alkanes) is 1. The molecule has 0 aromatic heterocycles. The van der Waals surface area contributed by atoms with Crippen molar-refractivity contribution in [3.8, 4) is 6.07 Å². The number of hydrogen-bond acceptors (Lipinski definition) is 3. The van der Waals surface area contributed by atoms with Gasteiger partial charge in [0.15, 0.2) is 0 Å². The van der Waals surface area contributed by atoms with Gasteiger partial charge in [-0.3, -0.25) is 4.90 Å². The summed E-state index contributed by atoms with van der Waals surface area (Å²) < 4.78 is 0. The number of piperazine rings is 1. The van der Waals surface area contributed by atoms with Crippen molar-refractivity contribution in [1.29, 1.82) is 5.26 Å². The van der Waals surface area contributed by atoms with Gasteiger partial charge in [0.25, 0.3) is 0 Å². The van der Waals surface area contributed by atoms with Gasteiger partial charge in [-0.25, -0.2) is 0 Å². The van der Waals surface area contributed by atoms with Gasteiger partial charge in [-0.2, -0.15) is 5.26 Å². The highest BCUT2D eigenvalue weighted by atomic mass is 15.3. The summed E-state index contributed by atoms with van der Waals surface area (Å²) in [6.07, 6.45) is 4.32. The van der Waals surface area contributed by atoms with Crippen LogP contribution in [0.5, 0.6) is 0 Å². The Balaban J connectivity index is 2.65. The maximum Gasteiger partial charge on any atom is 0.109 e. The molecule has 0 spiro atoms. The summed E-state index contributed by atoms with van der Waals surface area (Å²) in [5.41, 5.74) is -0.197. The second kappa shape index (κ2) is 6.22. The summed E-state index contributed by atoms with van der Waals surface area (Å²) in [5.74, 6) is 0. The molecule has 92 valence electrons. The van der Waals surface area contributed by atoms with Crippen LogP contribution >= 0.6 is 0 Å². The predicted octanol–water partition coefficient (Wildman–Crippen LogP) is 2.10. The van der Waals surface area contributed by atoms with Crippen LogP contribution in [0.15, 0.2) is 0 Å². The van der Waals surface area contributed by atoms with Crippen molar-refractivity contribution in [3.05, 3.63) is 0 Å². The lowest BCUT2D eigenvalue weighted by Gasteiger charge is -2.43. The van der Waals surface area contributed by atoms with Crippen LogP contribution < -0.4 is 0 Å². The lowest BCUT2D eigenvalue weighted by molar-refractivity contribution is 0.0640. The zero-order valence-electron chi connectivity index (χ0n) is 11.0. The quantitative estimate of drug-likeness (QED) is 0.715. The number of likely N-dealkylation sites (N-methyl/N-ethyl adjacent to an activating group) is 1. The summed E-state index contributed by atoms with van der Waals surface area (Å²) in [5, 5.41) is 9.52. The first-order valence-corrected chi connectivity index (χ1v) is 6.53. The minimum Gasteiger partial charge on any atom is -0.304 e. The van der Waals surface area contributed by atoms with E-state index in [0.717, 1.165) is 45.4 Å². The summed E-state index contributed by atoms with van der Waals surface area (Å²) in [7, 11) is 2.16. The van der Waals surface area contributed by atoms with Crippen molar-refractivity contribution < 1.29 is 0 Å². The molecule has 0 aromatic carbocycles. The molecule has 0 aliphatic carbocycles. The van der Waals surface area contributed by atoms with E-state index in [1.807, 2.05) is 0 Å². The SMILES string of the molecule is CCCCC(C#N)(CC)N1CCN(C)CC1. The van der Waals surface area contributed by atoms with Gasteiger partial charge in [0, 0.05) is 26.2 Å². The Morgan fingerprint density at radius 3 is 2.25 bits per heavy atom. The number of nitrogens with zero attached hydrogens (tertiary/aromatic N) is 3. The van der Waals surface area contributed by atoms with Gasteiger partial charge in [-0.15, -0.1) is 0 Å². The minimum absolute atomic E-state index is 0.197. The Morgan fingerprint density at radius 1 is 1.19 bits per heavy atom. The normalized spacial score (nSPS) is 22.6. The van der Waals surface area contributed by atoms with Gasteiger partial charge in [-0.05, 0) is 19.9 Å². The van der Waals surface area contributed by atoms with Crippen molar-refractivity contribution in [2.24, 2.45) is 0 Å². The Kier molecular flexibility index (Phi) is 5.24. The lowest BCUT2D eigenvalue weighted by atomic mass is 9.88. The molecule has 0 amide bonds. The monoisotopic (exact) mass is 223 g/mol. The molecule has 1 rings (SSSR count). The first-order chi connectivity index (χ1) is 7.68. The second-order valence-electron chi connectivity index (χ2n) is 4.89. The molecule has 3 nitrogen and oxygen atoms in total. The van der Waals surface area contributed by atoms with Crippen LogP contribution in [0.1, 0.15) is 39.5 Å². The van der Waals surface area contributed by atoms with E-state index < -0.39 is 0 Å². The van der Waals surface area contributed by atoms with Crippen molar-refractivity contribution in [2.75, 3.05) is 33.2 Å². The minimum atomic E-state index is -0.197. The summed E-state index contributed by atoms with van der Waals surface area (Å²) in [6.45, 7) is 8.62. The van der Waals surface area contributed by atoms with Crippen LogP contribution in [-0.4, -0.2) is 48.6 Å². The molecule has 1 aliphatic heterocycles. The maximum atomic E-state index is 9.52. The molecule has 0 bridgehead atoms. The molecule has 3 heteroatoms. The van der Waals surface area contributed by atoms with Crippen molar-refractivity contribution >= 4 is 0 Å². The van der Waals surface area contributed by atoms with Crippen molar-refractivity contribution in [3.63, 3.8) is 0 Å². The molecule has 0 saturated carbocycles. The topological polar surface area (TPSA) is 30.3 Å². The van der Waals surface area contributed by atoms with Gasteiger partial charge in [0.1, 0.15) is 5.54 Å². The predicted molar refractivity (Wildman–Crippen MR) is 67.2 cm³/mol. The summed E-state index contributed by atoms with van der Waals surface area (Å²) in [4.78, 5) is 4.75. The Hall–Kier alpha value is -0.590. The smallest absolute Gasteiger partial charge is 0.109 e. The van der Waals surface area contributed by atoms with Crippen LogP contribution in [0, 0.1) is 11.3 Å². The van der Waals surface area contributed by atoms with Crippen LogP contribution in [-0.2, 0) is 0 Å². The van der Waals surface area contributed by atoms with Crippen molar-refractivity contribution in [1.82, 2.24) is 9.80 Å². The Labute approximate surface area is 100 Å². The number of rotatable bonds is 5. The molecular formula is C13H25N3. The summed E-state index contributed by atoms with van der Waals surface area (Å²) in [6, 6.07) is 2.59. The molecule has 1 atom stereocenters. The molecule has 0 N–H and O–H groups in total. The maximum absolute atomic E-state index is 9.52. The standard InChI is InChI=1S/C13H25N3/c1-4-6-7-13(5-2,12-14)16-10-8-15(3)9-11-16/h4-11H2,1-3H3. The third-order valence-corrected chi connectivity index (χ3v) is 3.85. The van der Waals surface area contributed by atoms with Gasteiger partial charge >= 0.3 is 0 Å². The molecule has 1 heterocycles. The van der Waals surface area contributed by atoms with Gasteiger partial charge in [0.2, 0.25) is 0 Å². The largest absolute Gasteiger partial charge is 0.304 e. The molecule has 0 aromatic rings. The van der Waals surface area contributed by atoms with E-state index in [4.69, 9.17) is 0 Å². The molecule has 0 radical (unpaired) electrons. The zero-order chi connectivity index (χ0) is 12.0. The fourth-order valence-corrected chi connectivity index (χ4v) is 2.47. The van der Waals surface area contributed by atoms with Crippen LogP contribution in [0.4, 0.5) is 0 Å². The van der Waals surface area contributed by atoms with Crippen LogP contribution in [0.3, 0.4) is 0 Å². The van der Waals surface area contributed by atoms with E-state index in [-0.39, 0.29) is 5.54 Å². The fraction of sp³-hybridized carbons (Fsp3) is 0.923. The Bertz CT molecular complexity index is 238. The van der Waals surface area contributed by atoms with E-state index in [0.29, 0.717) is 0 Å². The summed E-state index contributed by atoms with van der Waals surface area (Å²) >= 11 is 0. The first-order valence-electron chi connectivity index (χ1n) is 6.53. The number of nitriles is 1. The van der Waals surface area contributed by atoms with Gasteiger partial charge in [0.05, 0.1) is 6.07 Å². The van der Waals surface area contributed by atoms with Gasteiger partial charge in [-0.1, -0.05) is 26.7 Å². The van der Waals surface area contributed by atoms with Crippen molar-refractivity contribution in [2.45, 2.75) is 45.1 Å². The van der Waals surface area contributed by atoms with E-state index in [9.17, 15) is 5.26 Å². The first kappa shape index (κ1) is 13.5. The second-order valence-corrected chi connectivity index (χ2v) is 4.89. The highest BCUT2D eigenvalue weighted by Gasteiger charge is 2.35. The van der Waals surface area contributed by atoms with Crippen LogP contribution in [0.2, 0.25) is 0 Å². The molecule has 1 saturated heterocycles. The lowest BCUT2D eigenvalue weighted by Crippen LogP contribution is -2.55. The van der Waals surface area contributed by atoms with Crippen LogP contribution in [0.25, 0.3) is 0 Å².